The van der Waals surface area contributed by atoms with Crippen LogP contribution in [0.1, 0.15) is 412 Å². The molecule has 0 aromatic heterocycles. The molecule has 0 spiro atoms. The fourth-order valence-electron chi connectivity index (χ4n) is 11.3. The first kappa shape index (κ1) is 79.6. The molecule has 6 nitrogen and oxygen atoms in total. The summed E-state index contributed by atoms with van der Waals surface area (Å²) < 4.78 is 17.0. The molecule has 0 radical (unpaired) electrons. The number of rotatable bonds is 69. The summed E-state index contributed by atoms with van der Waals surface area (Å²) in [5, 5.41) is 0. The van der Waals surface area contributed by atoms with Gasteiger partial charge in [-0.2, -0.15) is 0 Å². The molecular formula is C76H142O6. The van der Waals surface area contributed by atoms with Crippen LogP contribution in [0.15, 0.2) is 36.5 Å². The highest BCUT2D eigenvalue weighted by Gasteiger charge is 2.19. The summed E-state index contributed by atoms with van der Waals surface area (Å²) in [6, 6.07) is 0. The highest BCUT2D eigenvalue weighted by Crippen LogP contribution is 2.19. The number of ether oxygens (including phenoxy) is 3. The summed E-state index contributed by atoms with van der Waals surface area (Å²) in [5.74, 6) is -0.855. The van der Waals surface area contributed by atoms with Crippen LogP contribution in [-0.2, 0) is 28.6 Å². The van der Waals surface area contributed by atoms with Crippen molar-refractivity contribution in [2.45, 2.75) is 419 Å². The first-order valence-corrected chi connectivity index (χ1v) is 37.0. The van der Waals surface area contributed by atoms with Gasteiger partial charge >= 0.3 is 17.9 Å². The Labute approximate surface area is 512 Å². The van der Waals surface area contributed by atoms with Crippen molar-refractivity contribution in [3.63, 3.8) is 0 Å². The quantitative estimate of drug-likeness (QED) is 0.0261. The lowest BCUT2D eigenvalue weighted by atomic mass is 10.0. The molecule has 0 saturated heterocycles. The predicted molar refractivity (Wildman–Crippen MR) is 358 cm³/mol. The number of esters is 3. The van der Waals surface area contributed by atoms with Gasteiger partial charge in [0.2, 0.25) is 0 Å². The molecule has 0 heterocycles. The molecule has 0 rings (SSSR count). The number of carbonyl (C=O) groups is 3. The largest absolute Gasteiger partial charge is 0.462 e. The minimum Gasteiger partial charge on any atom is -0.462 e. The van der Waals surface area contributed by atoms with Crippen molar-refractivity contribution in [1.82, 2.24) is 0 Å². The van der Waals surface area contributed by atoms with E-state index in [0.29, 0.717) is 19.3 Å². The van der Waals surface area contributed by atoms with Crippen LogP contribution in [0.25, 0.3) is 0 Å². The van der Waals surface area contributed by atoms with Gasteiger partial charge < -0.3 is 14.2 Å². The molecule has 0 aromatic rings. The Kier molecular flexibility index (Phi) is 69.1. The molecular weight excluding hydrogens is 1010 g/mol. The van der Waals surface area contributed by atoms with Crippen molar-refractivity contribution in [2.75, 3.05) is 13.2 Å². The van der Waals surface area contributed by atoms with Crippen LogP contribution in [-0.4, -0.2) is 37.2 Å². The van der Waals surface area contributed by atoms with Crippen molar-refractivity contribution in [2.24, 2.45) is 0 Å². The van der Waals surface area contributed by atoms with Gasteiger partial charge in [-0.05, 0) is 70.6 Å². The zero-order valence-electron chi connectivity index (χ0n) is 55.5. The maximum absolute atomic E-state index is 13.0. The van der Waals surface area contributed by atoms with Crippen molar-refractivity contribution in [1.29, 1.82) is 0 Å². The molecule has 0 amide bonds. The average molecular weight is 1150 g/mol. The molecule has 482 valence electrons. The van der Waals surface area contributed by atoms with E-state index in [-0.39, 0.29) is 31.1 Å². The van der Waals surface area contributed by atoms with Gasteiger partial charge in [0.05, 0.1) is 0 Å². The van der Waals surface area contributed by atoms with E-state index in [4.69, 9.17) is 14.2 Å². The molecule has 0 aliphatic carbocycles. The minimum absolute atomic E-state index is 0.0717. The summed E-state index contributed by atoms with van der Waals surface area (Å²) in [6.45, 7) is 6.67. The molecule has 0 bridgehead atoms. The Bertz CT molecular complexity index is 1370. The zero-order chi connectivity index (χ0) is 59.2. The summed E-state index contributed by atoms with van der Waals surface area (Å²) in [7, 11) is 0. The molecule has 6 heteroatoms. The van der Waals surface area contributed by atoms with E-state index < -0.39 is 6.10 Å². The molecule has 0 saturated carbocycles. The number of hydrogen-bond donors (Lipinski definition) is 0. The highest BCUT2D eigenvalue weighted by atomic mass is 16.6. The van der Waals surface area contributed by atoms with Gasteiger partial charge in [-0.25, -0.2) is 0 Å². The summed E-state index contributed by atoms with van der Waals surface area (Å²) in [4.78, 5) is 38.5. The molecule has 0 fully saturated rings. The summed E-state index contributed by atoms with van der Waals surface area (Å²) >= 11 is 0. The molecule has 0 aliphatic rings. The smallest absolute Gasteiger partial charge is 0.306 e. The first-order chi connectivity index (χ1) is 40.5. The topological polar surface area (TPSA) is 78.9 Å². The molecule has 0 N–H and O–H groups in total. The molecule has 0 aromatic carbocycles. The van der Waals surface area contributed by atoms with Crippen LogP contribution >= 0.6 is 0 Å². The second-order valence-corrected chi connectivity index (χ2v) is 25.2. The van der Waals surface area contributed by atoms with Crippen LogP contribution < -0.4 is 0 Å². The van der Waals surface area contributed by atoms with Gasteiger partial charge in [0, 0.05) is 19.3 Å². The molecule has 1 atom stereocenters. The van der Waals surface area contributed by atoms with Gasteiger partial charge in [0.25, 0.3) is 0 Å². The highest BCUT2D eigenvalue weighted by molar-refractivity contribution is 5.71. The van der Waals surface area contributed by atoms with Crippen molar-refractivity contribution >= 4 is 17.9 Å². The molecule has 82 heavy (non-hydrogen) atoms. The van der Waals surface area contributed by atoms with Gasteiger partial charge in [-0.3, -0.25) is 14.4 Å². The van der Waals surface area contributed by atoms with Crippen LogP contribution in [0.4, 0.5) is 0 Å². The Morgan fingerprint density at radius 1 is 0.244 bits per heavy atom. The predicted octanol–water partition coefficient (Wildman–Crippen LogP) is 25.5. The van der Waals surface area contributed by atoms with E-state index in [1.165, 1.54) is 295 Å². The SMILES string of the molecule is CCCC/C=C\C/C=C\CCCCCCCC(=O)OCC(COC(=O)CCCCCCCCCCCCCCC/C=C\CCCCCCCCCC)OC(=O)CCCCCCCCCCCCCCCCCCCCCCCCCCC. The van der Waals surface area contributed by atoms with Gasteiger partial charge in [0.1, 0.15) is 13.2 Å². The maximum Gasteiger partial charge on any atom is 0.306 e. The standard InChI is InChI=1S/C76H142O6/c1-4-7-10-13-16-19-22-25-28-30-32-34-36-38-40-42-44-46-48-51-54-57-60-63-66-69-75(78)81-72-73(71-80-74(77)68-65-62-59-56-53-50-27-24-21-18-15-12-9-6-3)82-76(79)70-67-64-61-58-55-52-49-47-45-43-41-39-37-35-33-31-29-26-23-20-17-14-11-8-5-2/h15,18,24,27,30,32,73H,4-14,16-17,19-23,25-26,28-29,31,33-72H2,1-3H3/b18-15-,27-24-,32-30-. The van der Waals surface area contributed by atoms with Crippen molar-refractivity contribution < 1.29 is 28.6 Å². The third-order valence-electron chi connectivity index (χ3n) is 16.9. The van der Waals surface area contributed by atoms with E-state index >= 15 is 0 Å². The summed E-state index contributed by atoms with van der Waals surface area (Å²) in [6.07, 6.45) is 89.0. The normalized spacial score (nSPS) is 12.2. The van der Waals surface area contributed by atoms with Crippen LogP contribution in [0, 0.1) is 0 Å². The van der Waals surface area contributed by atoms with Gasteiger partial charge in [-0.1, -0.05) is 359 Å². The lowest BCUT2D eigenvalue weighted by Crippen LogP contribution is -2.30. The van der Waals surface area contributed by atoms with Gasteiger partial charge in [-0.15, -0.1) is 0 Å². The number of carbonyl (C=O) groups excluding carboxylic acids is 3. The third kappa shape index (κ3) is 68.4. The lowest BCUT2D eigenvalue weighted by Gasteiger charge is -2.18. The van der Waals surface area contributed by atoms with E-state index in [1.807, 2.05) is 0 Å². The Balaban J connectivity index is 4.23. The van der Waals surface area contributed by atoms with Gasteiger partial charge in [0.15, 0.2) is 6.10 Å². The fourth-order valence-corrected chi connectivity index (χ4v) is 11.3. The summed E-state index contributed by atoms with van der Waals surface area (Å²) in [5.41, 5.74) is 0. The number of unbranched alkanes of at least 4 members (excludes halogenated alkanes) is 52. The van der Waals surface area contributed by atoms with E-state index in [0.717, 1.165) is 77.0 Å². The maximum atomic E-state index is 13.0. The fraction of sp³-hybridized carbons (Fsp3) is 0.882. The van der Waals surface area contributed by atoms with Crippen molar-refractivity contribution in [3.8, 4) is 0 Å². The van der Waals surface area contributed by atoms with E-state index in [2.05, 4.69) is 57.2 Å². The monoisotopic (exact) mass is 1150 g/mol. The average Bonchev–Trinajstić information content (AvgIpc) is 3.48. The molecule has 1 unspecified atom stereocenters. The van der Waals surface area contributed by atoms with Crippen LogP contribution in [0.5, 0.6) is 0 Å². The van der Waals surface area contributed by atoms with E-state index in [9.17, 15) is 14.4 Å². The second kappa shape index (κ2) is 71.1. The third-order valence-corrected chi connectivity index (χ3v) is 16.9. The van der Waals surface area contributed by atoms with Crippen molar-refractivity contribution in [3.05, 3.63) is 36.5 Å². The van der Waals surface area contributed by atoms with Crippen LogP contribution in [0.2, 0.25) is 0 Å². The Hall–Kier alpha value is -2.37. The lowest BCUT2D eigenvalue weighted by molar-refractivity contribution is -0.167. The Morgan fingerprint density at radius 3 is 0.720 bits per heavy atom. The Morgan fingerprint density at radius 2 is 0.451 bits per heavy atom. The minimum atomic E-state index is -0.777. The van der Waals surface area contributed by atoms with E-state index in [1.54, 1.807) is 0 Å². The van der Waals surface area contributed by atoms with Crippen LogP contribution in [0.3, 0.4) is 0 Å². The zero-order valence-corrected chi connectivity index (χ0v) is 55.5. The second-order valence-electron chi connectivity index (χ2n) is 25.2. The number of hydrogen-bond acceptors (Lipinski definition) is 6. The number of allylic oxidation sites excluding steroid dienone is 6. The molecule has 0 aliphatic heterocycles. The first-order valence-electron chi connectivity index (χ1n) is 37.0.